The van der Waals surface area contributed by atoms with Gasteiger partial charge in [-0.05, 0) is 25.7 Å². The molecule has 4 rings (SSSR count). The number of fused-ring (bicyclic) bond motifs is 1. The third-order valence-corrected chi connectivity index (χ3v) is 5.97. The highest BCUT2D eigenvalue weighted by Gasteiger charge is 2.44. The molecule has 1 aliphatic carbocycles. The Morgan fingerprint density at radius 2 is 2.00 bits per heavy atom. The Labute approximate surface area is 153 Å². The molecule has 8 nitrogen and oxygen atoms in total. The van der Waals surface area contributed by atoms with Gasteiger partial charge in [-0.1, -0.05) is 0 Å². The van der Waals surface area contributed by atoms with Gasteiger partial charge in [0.2, 0.25) is 17.7 Å². The van der Waals surface area contributed by atoms with E-state index in [9.17, 15) is 14.4 Å². The van der Waals surface area contributed by atoms with Crippen molar-refractivity contribution in [3.8, 4) is 0 Å². The van der Waals surface area contributed by atoms with Gasteiger partial charge in [-0.25, -0.2) is 0 Å². The van der Waals surface area contributed by atoms with Crippen LogP contribution in [0.2, 0.25) is 0 Å². The average Bonchev–Trinajstić information content (AvgIpc) is 3.42. The van der Waals surface area contributed by atoms with Gasteiger partial charge >= 0.3 is 0 Å². The zero-order chi connectivity index (χ0) is 18.1. The SMILES string of the molecule is O=C(NC1CC2C(=O)NCC(CCC(=O)N3CCOCC3)N2C1)C1CC1. The van der Waals surface area contributed by atoms with Crippen molar-refractivity contribution in [2.45, 2.75) is 50.2 Å². The maximum Gasteiger partial charge on any atom is 0.237 e. The van der Waals surface area contributed by atoms with E-state index in [1.54, 1.807) is 0 Å². The summed E-state index contributed by atoms with van der Waals surface area (Å²) in [5.41, 5.74) is 0. The van der Waals surface area contributed by atoms with Crippen LogP contribution in [0.25, 0.3) is 0 Å². The van der Waals surface area contributed by atoms with Crippen LogP contribution in [0, 0.1) is 5.92 Å². The van der Waals surface area contributed by atoms with Gasteiger partial charge in [-0.3, -0.25) is 19.3 Å². The van der Waals surface area contributed by atoms with Crippen LogP contribution in [0.3, 0.4) is 0 Å². The van der Waals surface area contributed by atoms with Gasteiger partial charge in [0.05, 0.1) is 19.3 Å². The van der Waals surface area contributed by atoms with Crippen LogP contribution in [0.5, 0.6) is 0 Å². The summed E-state index contributed by atoms with van der Waals surface area (Å²) in [7, 11) is 0. The number of piperazine rings is 1. The molecular weight excluding hydrogens is 336 g/mol. The van der Waals surface area contributed by atoms with E-state index < -0.39 is 0 Å². The fourth-order valence-corrected chi connectivity index (χ4v) is 4.27. The lowest BCUT2D eigenvalue weighted by molar-refractivity contribution is -0.136. The summed E-state index contributed by atoms with van der Waals surface area (Å²) in [6.07, 6.45) is 3.86. The van der Waals surface area contributed by atoms with E-state index in [0.717, 1.165) is 19.3 Å². The molecule has 3 heterocycles. The predicted molar refractivity (Wildman–Crippen MR) is 93.2 cm³/mol. The molecule has 1 saturated carbocycles. The predicted octanol–water partition coefficient (Wildman–Crippen LogP) is -0.907. The molecule has 3 saturated heterocycles. The van der Waals surface area contributed by atoms with Gasteiger partial charge < -0.3 is 20.3 Å². The molecular formula is C18H28N4O4. The van der Waals surface area contributed by atoms with Crippen LogP contribution >= 0.6 is 0 Å². The minimum Gasteiger partial charge on any atom is -0.378 e. The summed E-state index contributed by atoms with van der Waals surface area (Å²) < 4.78 is 5.29. The Balaban J connectivity index is 1.31. The molecule has 0 aromatic heterocycles. The molecule has 0 radical (unpaired) electrons. The molecule has 0 spiro atoms. The Hall–Kier alpha value is -1.67. The highest BCUT2D eigenvalue weighted by atomic mass is 16.5. The number of carbonyl (C=O) groups excluding carboxylic acids is 3. The van der Waals surface area contributed by atoms with Gasteiger partial charge in [0.25, 0.3) is 0 Å². The van der Waals surface area contributed by atoms with E-state index >= 15 is 0 Å². The molecule has 0 bridgehead atoms. The number of nitrogens with one attached hydrogen (secondary N) is 2. The van der Waals surface area contributed by atoms with Crippen LogP contribution < -0.4 is 10.6 Å². The zero-order valence-electron chi connectivity index (χ0n) is 15.1. The summed E-state index contributed by atoms with van der Waals surface area (Å²) in [6.45, 7) is 3.84. The first-order chi connectivity index (χ1) is 12.6. The van der Waals surface area contributed by atoms with Crippen molar-refractivity contribution in [3.05, 3.63) is 0 Å². The fraction of sp³-hybridized carbons (Fsp3) is 0.833. The summed E-state index contributed by atoms with van der Waals surface area (Å²) >= 11 is 0. The number of morpholine rings is 1. The van der Waals surface area contributed by atoms with Crippen molar-refractivity contribution in [2.24, 2.45) is 5.92 Å². The van der Waals surface area contributed by atoms with Crippen LogP contribution in [0.15, 0.2) is 0 Å². The average molecular weight is 364 g/mol. The lowest BCUT2D eigenvalue weighted by atomic mass is 10.0. The highest BCUT2D eigenvalue weighted by Crippen LogP contribution is 2.31. The van der Waals surface area contributed by atoms with Crippen LogP contribution in [0.1, 0.15) is 32.1 Å². The third-order valence-electron chi connectivity index (χ3n) is 5.97. The minimum atomic E-state index is -0.184. The first kappa shape index (κ1) is 17.7. The zero-order valence-corrected chi connectivity index (χ0v) is 15.1. The van der Waals surface area contributed by atoms with E-state index in [4.69, 9.17) is 4.74 Å². The fourth-order valence-electron chi connectivity index (χ4n) is 4.27. The molecule has 3 atom stereocenters. The molecule has 26 heavy (non-hydrogen) atoms. The van der Waals surface area contributed by atoms with E-state index in [-0.39, 0.29) is 41.8 Å². The van der Waals surface area contributed by atoms with Gasteiger partial charge in [0, 0.05) is 50.6 Å². The number of ether oxygens (including phenoxy) is 1. The summed E-state index contributed by atoms with van der Waals surface area (Å²) in [4.78, 5) is 40.7. The Morgan fingerprint density at radius 3 is 2.73 bits per heavy atom. The molecule has 0 aromatic carbocycles. The number of amides is 3. The van der Waals surface area contributed by atoms with Gasteiger partial charge in [-0.15, -0.1) is 0 Å². The monoisotopic (exact) mass is 364 g/mol. The second kappa shape index (κ2) is 7.52. The van der Waals surface area contributed by atoms with E-state index in [1.165, 1.54) is 0 Å². The first-order valence-electron chi connectivity index (χ1n) is 9.81. The number of carbonyl (C=O) groups is 3. The highest BCUT2D eigenvalue weighted by molar-refractivity contribution is 5.84. The molecule has 3 unspecified atom stereocenters. The molecule has 4 aliphatic rings. The second-order valence-corrected chi connectivity index (χ2v) is 7.86. The maximum atomic E-state index is 12.4. The van der Waals surface area contributed by atoms with Crippen LogP contribution in [0.4, 0.5) is 0 Å². The topological polar surface area (TPSA) is 91.0 Å². The summed E-state index contributed by atoms with van der Waals surface area (Å²) in [5.74, 6) is 0.529. The number of hydrogen-bond acceptors (Lipinski definition) is 5. The van der Waals surface area contributed by atoms with E-state index in [0.29, 0.717) is 52.2 Å². The van der Waals surface area contributed by atoms with Crippen molar-refractivity contribution >= 4 is 17.7 Å². The molecule has 3 aliphatic heterocycles. The lowest BCUT2D eigenvalue weighted by Crippen LogP contribution is -2.58. The molecule has 144 valence electrons. The summed E-state index contributed by atoms with van der Waals surface area (Å²) in [6, 6.07) is 0.0108. The third kappa shape index (κ3) is 3.86. The van der Waals surface area contributed by atoms with E-state index in [2.05, 4.69) is 15.5 Å². The van der Waals surface area contributed by atoms with Crippen molar-refractivity contribution in [1.82, 2.24) is 20.4 Å². The molecule has 0 aromatic rings. The van der Waals surface area contributed by atoms with E-state index in [1.807, 2.05) is 4.90 Å². The standard InChI is InChI=1S/C18H28N4O4/c23-16(21-5-7-26-8-6-21)4-3-14-10-19-18(25)15-9-13(11-22(14)15)20-17(24)12-1-2-12/h12-15H,1-11H2,(H,19,25)(H,20,24). The lowest BCUT2D eigenvalue weighted by Gasteiger charge is -2.37. The maximum absolute atomic E-state index is 12.4. The van der Waals surface area contributed by atoms with Crippen LogP contribution in [-0.4, -0.2) is 85.0 Å². The van der Waals surface area contributed by atoms with Crippen molar-refractivity contribution in [1.29, 1.82) is 0 Å². The Bertz CT molecular complexity index is 574. The number of nitrogens with zero attached hydrogens (tertiary/aromatic N) is 2. The smallest absolute Gasteiger partial charge is 0.237 e. The molecule has 3 amide bonds. The quantitative estimate of drug-likeness (QED) is 0.659. The van der Waals surface area contributed by atoms with Crippen LogP contribution in [-0.2, 0) is 19.1 Å². The molecule has 2 N–H and O–H groups in total. The Kier molecular flexibility index (Phi) is 5.13. The van der Waals surface area contributed by atoms with Gasteiger partial charge in [0.1, 0.15) is 0 Å². The minimum absolute atomic E-state index is 0.0365. The van der Waals surface area contributed by atoms with Crippen molar-refractivity contribution in [3.63, 3.8) is 0 Å². The number of rotatable bonds is 5. The first-order valence-corrected chi connectivity index (χ1v) is 9.81. The van der Waals surface area contributed by atoms with Crippen molar-refractivity contribution in [2.75, 3.05) is 39.4 Å². The number of hydrogen-bond donors (Lipinski definition) is 2. The normalized spacial score (nSPS) is 32.1. The van der Waals surface area contributed by atoms with Gasteiger partial charge in [0.15, 0.2) is 0 Å². The second-order valence-electron chi connectivity index (χ2n) is 7.86. The van der Waals surface area contributed by atoms with Gasteiger partial charge in [-0.2, -0.15) is 0 Å². The van der Waals surface area contributed by atoms with Crippen molar-refractivity contribution < 1.29 is 19.1 Å². The Morgan fingerprint density at radius 1 is 1.23 bits per heavy atom. The largest absolute Gasteiger partial charge is 0.378 e. The molecule has 4 fully saturated rings. The molecule has 8 heteroatoms. The summed E-state index contributed by atoms with van der Waals surface area (Å²) in [5, 5.41) is 6.08.